The van der Waals surface area contributed by atoms with Crippen molar-refractivity contribution in [2.24, 2.45) is 0 Å². The van der Waals surface area contributed by atoms with E-state index >= 15 is 0 Å². The third-order valence-electron chi connectivity index (χ3n) is 4.67. The van der Waals surface area contributed by atoms with Crippen LogP contribution in [0.1, 0.15) is 17.7 Å². The second-order valence-electron chi connectivity index (χ2n) is 6.58. The first-order valence-corrected chi connectivity index (χ1v) is 8.67. The summed E-state index contributed by atoms with van der Waals surface area (Å²) in [6.07, 6.45) is 1.24. The zero-order valence-corrected chi connectivity index (χ0v) is 14.0. The van der Waals surface area contributed by atoms with E-state index in [1.165, 1.54) is 5.56 Å². The lowest BCUT2D eigenvalue weighted by Crippen LogP contribution is -2.37. The molecule has 1 aliphatic rings. The zero-order chi connectivity index (χ0) is 17.1. The Hall–Kier alpha value is -2.66. The SMILES string of the molecule is O=C(Cc1noc2ccccc12)NC1CCN(Cc2ccccc2)C1. The molecule has 0 aliphatic carbocycles. The van der Waals surface area contributed by atoms with Crippen molar-refractivity contribution in [2.45, 2.75) is 25.4 Å². The van der Waals surface area contributed by atoms with E-state index in [9.17, 15) is 4.79 Å². The Morgan fingerprint density at radius 3 is 2.84 bits per heavy atom. The number of fused-ring (bicyclic) bond motifs is 1. The molecule has 5 nitrogen and oxygen atoms in total. The molecule has 3 aromatic rings. The fourth-order valence-electron chi connectivity index (χ4n) is 3.43. The minimum absolute atomic E-state index is 0.00520. The summed E-state index contributed by atoms with van der Waals surface area (Å²) in [5.74, 6) is 0.00520. The molecule has 2 aromatic carbocycles. The van der Waals surface area contributed by atoms with E-state index in [0.717, 1.165) is 37.0 Å². The third kappa shape index (κ3) is 3.72. The molecule has 5 heteroatoms. The van der Waals surface area contributed by atoms with Gasteiger partial charge in [0.15, 0.2) is 5.58 Å². The van der Waals surface area contributed by atoms with Crippen molar-refractivity contribution in [1.29, 1.82) is 0 Å². The molecule has 1 atom stereocenters. The lowest BCUT2D eigenvalue weighted by atomic mass is 10.1. The van der Waals surface area contributed by atoms with Gasteiger partial charge in [-0.05, 0) is 24.1 Å². The molecule has 1 unspecified atom stereocenters. The van der Waals surface area contributed by atoms with Gasteiger partial charge >= 0.3 is 0 Å². The maximum Gasteiger partial charge on any atom is 0.226 e. The van der Waals surface area contributed by atoms with Crippen LogP contribution in [-0.2, 0) is 17.8 Å². The summed E-state index contributed by atoms with van der Waals surface area (Å²) in [6.45, 7) is 2.83. The van der Waals surface area contributed by atoms with Gasteiger partial charge in [0.05, 0.1) is 6.42 Å². The average molecular weight is 335 g/mol. The molecule has 1 N–H and O–H groups in total. The van der Waals surface area contributed by atoms with Gasteiger partial charge in [0.25, 0.3) is 0 Å². The van der Waals surface area contributed by atoms with Crippen LogP contribution >= 0.6 is 0 Å². The first-order chi connectivity index (χ1) is 12.3. The van der Waals surface area contributed by atoms with Crippen molar-refractivity contribution in [2.75, 3.05) is 13.1 Å². The van der Waals surface area contributed by atoms with Crippen molar-refractivity contribution in [3.63, 3.8) is 0 Å². The Labute approximate surface area is 146 Å². The topological polar surface area (TPSA) is 58.4 Å². The van der Waals surface area contributed by atoms with E-state index in [2.05, 4.69) is 39.6 Å². The van der Waals surface area contributed by atoms with E-state index in [-0.39, 0.29) is 18.4 Å². The molecule has 0 saturated carbocycles. The molecule has 4 rings (SSSR count). The highest BCUT2D eigenvalue weighted by atomic mass is 16.5. The Morgan fingerprint density at radius 2 is 1.96 bits per heavy atom. The smallest absolute Gasteiger partial charge is 0.226 e. The normalized spacial score (nSPS) is 17.8. The fourth-order valence-corrected chi connectivity index (χ4v) is 3.43. The van der Waals surface area contributed by atoms with Gasteiger partial charge in [0.2, 0.25) is 5.91 Å². The molecule has 2 heterocycles. The quantitative estimate of drug-likeness (QED) is 0.779. The summed E-state index contributed by atoms with van der Waals surface area (Å²) in [5, 5.41) is 8.08. The molecule has 0 radical (unpaired) electrons. The minimum atomic E-state index is 0.00520. The van der Waals surface area contributed by atoms with Crippen LogP contribution in [0, 0.1) is 0 Å². The molecular weight excluding hydrogens is 314 g/mol. The van der Waals surface area contributed by atoms with Crippen LogP contribution in [0.15, 0.2) is 59.1 Å². The number of rotatable bonds is 5. The van der Waals surface area contributed by atoms with E-state index in [1.807, 2.05) is 30.3 Å². The highest BCUT2D eigenvalue weighted by Gasteiger charge is 2.24. The Balaban J connectivity index is 1.31. The second-order valence-corrected chi connectivity index (χ2v) is 6.58. The number of benzene rings is 2. The minimum Gasteiger partial charge on any atom is -0.356 e. The lowest BCUT2D eigenvalue weighted by molar-refractivity contribution is -0.121. The number of likely N-dealkylation sites (tertiary alicyclic amines) is 1. The number of hydrogen-bond donors (Lipinski definition) is 1. The van der Waals surface area contributed by atoms with Crippen molar-refractivity contribution in [1.82, 2.24) is 15.4 Å². The van der Waals surface area contributed by atoms with Gasteiger partial charge in [-0.25, -0.2) is 0 Å². The Kier molecular flexibility index (Phi) is 4.48. The number of aromatic nitrogens is 1. The number of hydrogen-bond acceptors (Lipinski definition) is 4. The van der Waals surface area contributed by atoms with Crippen LogP contribution in [-0.4, -0.2) is 35.1 Å². The third-order valence-corrected chi connectivity index (χ3v) is 4.67. The Morgan fingerprint density at radius 1 is 1.16 bits per heavy atom. The standard InChI is InChI=1S/C20H21N3O2/c24-20(12-18-17-8-4-5-9-19(17)25-22-18)21-16-10-11-23(14-16)13-15-6-2-1-3-7-15/h1-9,16H,10-14H2,(H,21,24). The summed E-state index contributed by atoms with van der Waals surface area (Å²) in [6, 6.07) is 18.3. The van der Waals surface area contributed by atoms with Gasteiger partial charge < -0.3 is 9.84 Å². The van der Waals surface area contributed by atoms with Crippen molar-refractivity contribution in [3.05, 3.63) is 65.9 Å². The number of carbonyl (C=O) groups is 1. The first kappa shape index (κ1) is 15.8. The number of carbonyl (C=O) groups excluding carboxylic acids is 1. The fraction of sp³-hybridized carbons (Fsp3) is 0.300. The molecule has 1 amide bonds. The van der Waals surface area contributed by atoms with Crippen LogP contribution in [0.25, 0.3) is 11.0 Å². The number of nitrogens with one attached hydrogen (secondary N) is 1. The summed E-state index contributed by atoms with van der Waals surface area (Å²) in [4.78, 5) is 14.7. The molecular formula is C20H21N3O2. The van der Waals surface area contributed by atoms with Crippen LogP contribution in [0.4, 0.5) is 0 Å². The van der Waals surface area contributed by atoms with Gasteiger partial charge in [-0.15, -0.1) is 0 Å². The molecule has 128 valence electrons. The summed E-state index contributed by atoms with van der Waals surface area (Å²) < 4.78 is 5.27. The maximum atomic E-state index is 12.4. The van der Waals surface area contributed by atoms with Crippen LogP contribution in [0.5, 0.6) is 0 Å². The second kappa shape index (κ2) is 7.07. The van der Waals surface area contributed by atoms with Crippen molar-refractivity contribution in [3.8, 4) is 0 Å². The maximum absolute atomic E-state index is 12.4. The van der Waals surface area contributed by atoms with Gasteiger partial charge in [-0.1, -0.05) is 47.6 Å². The van der Waals surface area contributed by atoms with Crippen molar-refractivity contribution >= 4 is 16.9 Å². The predicted octanol–water partition coefficient (Wildman–Crippen LogP) is 2.76. The summed E-state index contributed by atoms with van der Waals surface area (Å²) in [5.41, 5.74) is 2.73. The molecule has 1 saturated heterocycles. The largest absolute Gasteiger partial charge is 0.356 e. The number of para-hydroxylation sites is 1. The Bertz CT molecular complexity index is 860. The van der Waals surface area contributed by atoms with E-state index in [4.69, 9.17) is 4.52 Å². The van der Waals surface area contributed by atoms with Gasteiger partial charge in [-0.2, -0.15) is 0 Å². The van der Waals surface area contributed by atoms with E-state index in [0.29, 0.717) is 5.69 Å². The van der Waals surface area contributed by atoms with Crippen LogP contribution in [0.3, 0.4) is 0 Å². The molecule has 0 bridgehead atoms. The average Bonchev–Trinajstić information content (AvgIpc) is 3.23. The van der Waals surface area contributed by atoms with Crippen LogP contribution in [0.2, 0.25) is 0 Å². The van der Waals surface area contributed by atoms with Gasteiger partial charge in [-0.3, -0.25) is 9.69 Å². The zero-order valence-electron chi connectivity index (χ0n) is 14.0. The monoisotopic (exact) mass is 335 g/mol. The van der Waals surface area contributed by atoms with Gasteiger partial charge in [0, 0.05) is 31.1 Å². The molecule has 0 spiro atoms. The summed E-state index contributed by atoms with van der Waals surface area (Å²) >= 11 is 0. The van der Waals surface area contributed by atoms with Crippen molar-refractivity contribution < 1.29 is 9.32 Å². The van der Waals surface area contributed by atoms with Crippen LogP contribution < -0.4 is 5.32 Å². The highest BCUT2D eigenvalue weighted by molar-refractivity contribution is 5.86. The summed E-state index contributed by atoms with van der Waals surface area (Å²) in [7, 11) is 0. The van der Waals surface area contributed by atoms with E-state index in [1.54, 1.807) is 0 Å². The molecule has 25 heavy (non-hydrogen) atoms. The first-order valence-electron chi connectivity index (χ1n) is 8.67. The number of amides is 1. The highest BCUT2D eigenvalue weighted by Crippen LogP contribution is 2.18. The molecule has 1 aliphatic heterocycles. The van der Waals surface area contributed by atoms with E-state index < -0.39 is 0 Å². The number of nitrogens with zero attached hydrogens (tertiary/aromatic N) is 2. The lowest BCUT2D eigenvalue weighted by Gasteiger charge is -2.16. The predicted molar refractivity (Wildman–Crippen MR) is 96.0 cm³/mol. The molecule has 1 fully saturated rings. The van der Waals surface area contributed by atoms with Gasteiger partial charge in [0.1, 0.15) is 5.69 Å². The molecule has 1 aromatic heterocycles.